The van der Waals surface area contributed by atoms with Gasteiger partial charge in [0.1, 0.15) is 34.6 Å². The van der Waals surface area contributed by atoms with Crippen LogP contribution in [-0.2, 0) is 4.74 Å². The fourth-order valence-corrected chi connectivity index (χ4v) is 3.22. The number of carbonyl (C=O) groups is 1. The van der Waals surface area contributed by atoms with Crippen molar-refractivity contribution < 1.29 is 19.0 Å². The van der Waals surface area contributed by atoms with E-state index in [-0.39, 0.29) is 0 Å². The molecule has 0 radical (unpaired) electrons. The van der Waals surface area contributed by atoms with Gasteiger partial charge in [0.15, 0.2) is 0 Å². The van der Waals surface area contributed by atoms with Gasteiger partial charge in [0.05, 0.1) is 25.8 Å². The second-order valence-corrected chi connectivity index (χ2v) is 6.91. The number of hydrogen-bond donors (Lipinski definition) is 1. The SMILES string of the molecule is CCOC(=O)c1c(C)[nH]c2c(-c3ccc(OC)cc3OCC3CC3)ncnc12. The van der Waals surface area contributed by atoms with Crippen LogP contribution in [0.1, 0.15) is 35.8 Å². The van der Waals surface area contributed by atoms with Crippen LogP contribution in [0.15, 0.2) is 24.5 Å². The van der Waals surface area contributed by atoms with E-state index in [0.717, 1.165) is 11.3 Å². The lowest BCUT2D eigenvalue weighted by Gasteiger charge is -2.13. The van der Waals surface area contributed by atoms with Gasteiger partial charge in [-0.25, -0.2) is 14.8 Å². The molecule has 7 nitrogen and oxygen atoms in total. The van der Waals surface area contributed by atoms with Crippen LogP contribution in [0.5, 0.6) is 11.5 Å². The number of benzene rings is 1. The summed E-state index contributed by atoms with van der Waals surface area (Å²) in [5.41, 5.74) is 3.87. The molecule has 0 atom stereocenters. The van der Waals surface area contributed by atoms with Gasteiger partial charge in [0, 0.05) is 17.3 Å². The fourth-order valence-electron chi connectivity index (χ4n) is 3.22. The minimum absolute atomic E-state index is 0.306. The van der Waals surface area contributed by atoms with Crippen LogP contribution in [0, 0.1) is 12.8 Å². The highest BCUT2D eigenvalue weighted by Gasteiger charge is 2.25. The van der Waals surface area contributed by atoms with Gasteiger partial charge in [-0.2, -0.15) is 0 Å². The monoisotopic (exact) mass is 381 g/mol. The largest absolute Gasteiger partial charge is 0.497 e. The summed E-state index contributed by atoms with van der Waals surface area (Å²) in [4.78, 5) is 24.4. The molecule has 7 heteroatoms. The van der Waals surface area contributed by atoms with Crippen molar-refractivity contribution in [2.45, 2.75) is 26.7 Å². The lowest BCUT2D eigenvalue weighted by molar-refractivity contribution is 0.0527. The van der Waals surface area contributed by atoms with Crippen LogP contribution >= 0.6 is 0 Å². The zero-order valence-electron chi connectivity index (χ0n) is 16.2. The van der Waals surface area contributed by atoms with Crippen molar-refractivity contribution >= 4 is 17.0 Å². The number of rotatable bonds is 7. The summed E-state index contributed by atoms with van der Waals surface area (Å²) >= 11 is 0. The van der Waals surface area contributed by atoms with E-state index < -0.39 is 5.97 Å². The van der Waals surface area contributed by atoms with Crippen LogP contribution in [0.2, 0.25) is 0 Å². The van der Waals surface area contributed by atoms with Crippen LogP contribution < -0.4 is 9.47 Å². The summed E-state index contributed by atoms with van der Waals surface area (Å²) in [6.07, 6.45) is 3.87. The van der Waals surface area contributed by atoms with E-state index in [1.807, 2.05) is 25.1 Å². The van der Waals surface area contributed by atoms with E-state index in [2.05, 4.69) is 15.0 Å². The Bertz CT molecular complexity index is 1020. The second kappa shape index (κ2) is 7.50. The van der Waals surface area contributed by atoms with E-state index >= 15 is 0 Å². The van der Waals surface area contributed by atoms with Gasteiger partial charge in [-0.1, -0.05) is 0 Å². The zero-order chi connectivity index (χ0) is 19.7. The minimum Gasteiger partial charge on any atom is -0.497 e. The van der Waals surface area contributed by atoms with Gasteiger partial charge in [-0.05, 0) is 44.7 Å². The number of carbonyl (C=O) groups excluding carboxylic acids is 1. The molecule has 4 rings (SSSR count). The van der Waals surface area contributed by atoms with Crippen molar-refractivity contribution in [3.8, 4) is 22.8 Å². The molecule has 1 aromatic carbocycles. The summed E-state index contributed by atoms with van der Waals surface area (Å²) < 4.78 is 16.6. The number of fused-ring (bicyclic) bond motifs is 1. The number of hydrogen-bond acceptors (Lipinski definition) is 6. The lowest BCUT2D eigenvalue weighted by Crippen LogP contribution is -2.06. The van der Waals surface area contributed by atoms with E-state index in [1.165, 1.54) is 19.2 Å². The molecule has 0 aliphatic heterocycles. The summed E-state index contributed by atoms with van der Waals surface area (Å²) in [5.74, 6) is 1.65. The van der Waals surface area contributed by atoms with Gasteiger partial charge in [-0.15, -0.1) is 0 Å². The van der Waals surface area contributed by atoms with Crippen molar-refractivity contribution in [3.63, 3.8) is 0 Å². The standard InChI is InChI=1S/C21H23N3O4/c1-4-27-21(25)17-12(2)24-20-18(22-11-23-19(17)20)15-8-7-14(26-3)9-16(15)28-10-13-5-6-13/h7-9,11,13,24H,4-6,10H2,1-3H3. The van der Waals surface area contributed by atoms with E-state index in [9.17, 15) is 4.79 Å². The van der Waals surface area contributed by atoms with Crippen LogP contribution in [0.3, 0.4) is 0 Å². The van der Waals surface area contributed by atoms with Crippen molar-refractivity contribution in [3.05, 3.63) is 35.8 Å². The van der Waals surface area contributed by atoms with E-state index in [0.29, 0.717) is 52.9 Å². The number of ether oxygens (including phenoxy) is 3. The highest BCUT2D eigenvalue weighted by molar-refractivity contribution is 6.07. The topological polar surface area (TPSA) is 86.3 Å². The summed E-state index contributed by atoms with van der Waals surface area (Å²) in [6, 6.07) is 5.66. The van der Waals surface area contributed by atoms with Gasteiger partial charge >= 0.3 is 5.97 Å². The molecule has 28 heavy (non-hydrogen) atoms. The highest BCUT2D eigenvalue weighted by atomic mass is 16.5. The minimum atomic E-state index is -0.393. The molecule has 0 amide bonds. The maximum Gasteiger partial charge on any atom is 0.342 e. The zero-order valence-corrected chi connectivity index (χ0v) is 16.2. The molecule has 146 valence electrons. The smallest absolute Gasteiger partial charge is 0.342 e. The van der Waals surface area contributed by atoms with Crippen molar-refractivity contribution in [1.29, 1.82) is 0 Å². The Morgan fingerprint density at radius 3 is 2.82 bits per heavy atom. The van der Waals surface area contributed by atoms with Crippen molar-refractivity contribution in [1.82, 2.24) is 15.0 Å². The molecule has 0 saturated heterocycles. The third-order valence-electron chi connectivity index (χ3n) is 4.87. The van der Waals surface area contributed by atoms with Gasteiger partial charge in [-0.3, -0.25) is 0 Å². The molecule has 1 aliphatic rings. The second-order valence-electron chi connectivity index (χ2n) is 6.91. The Hall–Kier alpha value is -3.09. The number of H-pyrrole nitrogens is 1. The first kappa shape index (κ1) is 18.3. The van der Waals surface area contributed by atoms with Gasteiger partial charge < -0.3 is 19.2 Å². The van der Waals surface area contributed by atoms with Crippen molar-refractivity contribution in [2.24, 2.45) is 5.92 Å². The molecule has 1 aliphatic carbocycles. The van der Waals surface area contributed by atoms with E-state index in [4.69, 9.17) is 14.2 Å². The predicted molar refractivity (Wildman–Crippen MR) is 105 cm³/mol. The van der Waals surface area contributed by atoms with E-state index in [1.54, 1.807) is 14.0 Å². The Labute approximate surface area is 163 Å². The molecule has 0 spiro atoms. The maximum absolute atomic E-state index is 12.4. The van der Waals surface area contributed by atoms with Crippen LogP contribution in [-0.4, -0.2) is 41.2 Å². The Balaban J connectivity index is 1.82. The number of aromatic amines is 1. The number of nitrogens with one attached hydrogen (secondary N) is 1. The molecule has 2 heterocycles. The Morgan fingerprint density at radius 1 is 1.29 bits per heavy atom. The number of nitrogens with zero attached hydrogens (tertiary/aromatic N) is 2. The first-order chi connectivity index (χ1) is 13.6. The predicted octanol–water partition coefficient (Wildman–Crippen LogP) is 3.91. The number of methoxy groups -OCH3 is 1. The summed E-state index contributed by atoms with van der Waals surface area (Å²) in [5, 5.41) is 0. The molecule has 0 bridgehead atoms. The molecule has 0 unspecified atom stereocenters. The van der Waals surface area contributed by atoms with Gasteiger partial charge in [0.2, 0.25) is 0 Å². The van der Waals surface area contributed by atoms with Crippen LogP contribution in [0.4, 0.5) is 0 Å². The normalized spacial score (nSPS) is 13.5. The lowest BCUT2D eigenvalue weighted by atomic mass is 10.1. The highest BCUT2D eigenvalue weighted by Crippen LogP contribution is 2.38. The average Bonchev–Trinajstić information content (AvgIpc) is 3.46. The summed E-state index contributed by atoms with van der Waals surface area (Å²) in [7, 11) is 1.63. The number of esters is 1. The first-order valence-corrected chi connectivity index (χ1v) is 9.44. The maximum atomic E-state index is 12.4. The molecule has 1 saturated carbocycles. The molecule has 2 aromatic heterocycles. The third kappa shape index (κ3) is 3.40. The Kier molecular flexibility index (Phi) is 4.90. The average molecular weight is 381 g/mol. The third-order valence-corrected chi connectivity index (χ3v) is 4.87. The van der Waals surface area contributed by atoms with Crippen molar-refractivity contribution in [2.75, 3.05) is 20.3 Å². The summed E-state index contributed by atoms with van der Waals surface area (Å²) in [6.45, 7) is 4.59. The molecular formula is C21H23N3O4. The molecule has 3 aromatic rings. The van der Waals surface area contributed by atoms with Crippen LogP contribution in [0.25, 0.3) is 22.3 Å². The first-order valence-electron chi connectivity index (χ1n) is 9.44. The quantitative estimate of drug-likeness (QED) is 0.625. The fraction of sp³-hybridized carbons (Fsp3) is 0.381. The number of aryl methyl sites for hydroxylation is 1. The molecule has 1 fully saturated rings. The molecular weight excluding hydrogens is 358 g/mol. The molecule has 1 N–H and O–H groups in total. The number of aromatic nitrogens is 3. The van der Waals surface area contributed by atoms with Gasteiger partial charge in [0.25, 0.3) is 0 Å². The Morgan fingerprint density at radius 2 is 2.11 bits per heavy atom.